The second-order valence-corrected chi connectivity index (χ2v) is 4.23. The van der Waals surface area contributed by atoms with E-state index in [0.717, 1.165) is 5.56 Å². The topological polar surface area (TPSA) is 80.5 Å². The van der Waals surface area contributed by atoms with Crippen molar-refractivity contribution in [3.63, 3.8) is 0 Å². The Labute approximate surface area is 109 Å². The molecule has 3 aromatic rings. The number of hydrogen-bond acceptors (Lipinski definition) is 4. The zero-order valence-corrected chi connectivity index (χ0v) is 10.3. The summed E-state index contributed by atoms with van der Waals surface area (Å²) in [5, 5.41) is 9.32. The van der Waals surface area contributed by atoms with Gasteiger partial charge in [-0.1, -0.05) is 12.1 Å². The molecule has 0 unspecified atom stereocenters. The number of aromatic nitrogens is 3. The lowest BCUT2D eigenvalue weighted by molar-refractivity contribution is 1.07. The van der Waals surface area contributed by atoms with Gasteiger partial charge in [-0.05, 0) is 30.7 Å². The summed E-state index contributed by atoms with van der Waals surface area (Å²) in [4.78, 5) is 8.56. The summed E-state index contributed by atoms with van der Waals surface area (Å²) < 4.78 is 1.71. The number of rotatable bonds is 1. The summed E-state index contributed by atoms with van der Waals surface area (Å²) >= 11 is 0. The van der Waals surface area contributed by atoms with Gasteiger partial charge < -0.3 is 5.73 Å². The van der Waals surface area contributed by atoms with Crippen molar-refractivity contribution in [2.45, 2.75) is 6.92 Å². The average molecular weight is 249 g/mol. The van der Waals surface area contributed by atoms with Crippen LogP contribution in [-0.2, 0) is 0 Å². The van der Waals surface area contributed by atoms with Gasteiger partial charge in [0.1, 0.15) is 11.6 Å². The molecular weight excluding hydrogens is 238 g/mol. The molecule has 1 aromatic carbocycles. The SMILES string of the molecule is Cc1cccc(-n2c(N)nc3cccnc32)c1C#N. The molecule has 0 aliphatic rings. The molecule has 5 nitrogen and oxygen atoms in total. The summed E-state index contributed by atoms with van der Waals surface area (Å²) in [5.41, 5.74) is 9.52. The molecule has 0 radical (unpaired) electrons. The lowest BCUT2D eigenvalue weighted by atomic mass is 10.1. The first kappa shape index (κ1) is 11.2. The van der Waals surface area contributed by atoms with E-state index < -0.39 is 0 Å². The van der Waals surface area contributed by atoms with E-state index in [2.05, 4.69) is 16.0 Å². The standard InChI is InChI=1S/C14H11N5/c1-9-4-2-6-12(10(9)8-15)19-13-11(18-14(19)16)5-3-7-17-13/h2-7H,1H3,(H2,16,18). The molecule has 19 heavy (non-hydrogen) atoms. The number of benzene rings is 1. The van der Waals surface area contributed by atoms with Crippen LogP contribution in [0, 0.1) is 18.3 Å². The van der Waals surface area contributed by atoms with E-state index in [-0.39, 0.29) is 0 Å². The number of anilines is 1. The van der Waals surface area contributed by atoms with Gasteiger partial charge in [0.25, 0.3) is 0 Å². The van der Waals surface area contributed by atoms with Crippen molar-refractivity contribution < 1.29 is 0 Å². The maximum Gasteiger partial charge on any atom is 0.207 e. The van der Waals surface area contributed by atoms with Crippen LogP contribution in [0.2, 0.25) is 0 Å². The Morgan fingerprint density at radius 3 is 2.89 bits per heavy atom. The predicted octanol–water partition coefficient (Wildman–Crippen LogP) is 2.18. The minimum Gasteiger partial charge on any atom is -0.369 e. The highest BCUT2D eigenvalue weighted by Gasteiger charge is 2.14. The van der Waals surface area contributed by atoms with Gasteiger partial charge in [0.05, 0.1) is 11.3 Å². The van der Waals surface area contributed by atoms with Gasteiger partial charge in [0, 0.05) is 6.20 Å². The highest BCUT2D eigenvalue weighted by atomic mass is 15.2. The van der Waals surface area contributed by atoms with Gasteiger partial charge in [-0.2, -0.15) is 5.26 Å². The van der Waals surface area contributed by atoms with Gasteiger partial charge in [0.2, 0.25) is 5.95 Å². The molecule has 0 aliphatic heterocycles. The Bertz CT molecular complexity index is 810. The Morgan fingerprint density at radius 1 is 1.26 bits per heavy atom. The first-order chi connectivity index (χ1) is 9.22. The number of pyridine rings is 1. The monoisotopic (exact) mass is 249 g/mol. The number of nitrogen functional groups attached to an aromatic ring is 1. The summed E-state index contributed by atoms with van der Waals surface area (Å²) in [6.45, 7) is 1.89. The second-order valence-electron chi connectivity index (χ2n) is 4.23. The summed E-state index contributed by atoms with van der Waals surface area (Å²) in [6, 6.07) is 11.5. The molecule has 0 aliphatic carbocycles. The van der Waals surface area contributed by atoms with Crippen LogP contribution in [0.4, 0.5) is 5.95 Å². The number of aryl methyl sites for hydroxylation is 1. The number of imidazole rings is 1. The van der Waals surface area contributed by atoms with Crippen molar-refractivity contribution in [1.82, 2.24) is 14.5 Å². The van der Waals surface area contributed by atoms with E-state index in [4.69, 9.17) is 5.73 Å². The van der Waals surface area contributed by atoms with E-state index in [1.54, 1.807) is 16.8 Å². The number of nitrogens with two attached hydrogens (primary N) is 1. The molecule has 0 amide bonds. The Hall–Kier alpha value is -2.87. The number of nitriles is 1. The van der Waals surface area contributed by atoms with Crippen LogP contribution < -0.4 is 5.73 Å². The number of nitrogens with zero attached hydrogens (tertiary/aromatic N) is 4. The Balaban J connectivity index is 2.41. The third-order valence-corrected chi connectivity index (χ3v) is 3.05. The van der Waals surface area contributed by atoms with E-state index in [1.165, 1.54) is 0 Å². The third-order valence-electron chi connectivity index (χ3n) is 3.05. The Morgan fingerprint density at radius 2 is 2.11 bits per heavy atom. The molecule has 0 saturated heterocycles. The molecule has 92 valence electrons. The maximum atomic E-state index is 9.32. The maximum absolute atomic E-state index is 9.32. The van der Waals surface area contributed by atoms with Crippen molar-refractivity contribution in [1.29, 1.82) is 5.26 Å². The molecule has 2 N–H and O–H groups in total. The van der Waals surface area contributed by atoms with Crippen LogP contribution in [0.1, 0.15) is 11.1 Å². The molecule has 0 saturated carbocycles. The molecule has 2 heterocycles. The van der Waals surface area contributed by atoms with Crippen LogP contribution >= 0.6 is 0 Å². The summed E-state index contributed by atoms with van der Waals surface area (Å²) in [6.07, 6.45) is 1.68. The molecule has 0 spiro atoms. The minimum absolute atomic E-state index is 0.329. The van der Waals surface area contributed by atoms with Crippen molar-refractivity contribution in [2.75, 3.05) is 5.73 Å². The third kappa shape index (κ3) is 1.62. The first-order valence-corrected chi connectivity index (χ1v) is 5.81. The fourth-order valence-electron chi connectivity index (χ4n) is 2.15. The minimum atomic E-state index is 0.329. The van der Waals surface area contributed by atoms with Gasteiger partial charge in [-0.3, -0.25) is 4.57 Å². The van der Waals surface area contributed by atoms with Crippen LogP contribution in [-0.4, -0.2) is 14.5 Å². The fraction of sp³-hybridized carbons (Fsp3) is 0.0714. The zero-order valence-electron chi connectivity index (χ0n) is 10.3. The van der Waals surface area contributed by atoms with Crippen molar-refractivity contribution >= 4 is 17.1 Å². The molecule has 3 rings (SSSR count). The second kappa shape index (κ2) is 4.10. The molecule has 0 bridgehead atoms. The van der Waals surface area contributed by atoms with Gasteiger partial charge >= 0.3 is 0 Å². The highest BCUT2D eigenvalue weighted by molar-refractivity contribution is 5.77. The largest absolute Gasteiger partial charge is 0.369 e. The van der Waals surface area contributed by atoms with Crippen LogP contribution in [0.5, 0.6) is 0 Å². The quantitative estimate of drug-likeness (QED) is 0.716. The van der Waals surface area contributed by atoms with Crippen molar-refractivity contribution in [2.24, 2.45) is 0 Å². The summed E-state index contributed by atoms with van der Waals surface area (Å²) in [5.74, 6) is 0.329. The Kier molecular flexibility index (Phi) is 2.43. The van der Waals surface area contributed by atoms with Gasteiger partial charge in [-0.25, -0.2) is 9.97 Å². The van der Waals surface area contributed by atoms with Crippen molar-refractivity contribution in [3.05, 3.63) is 47.7 Å². The zero-order chi connectivity index (χ0) is 13.4. The van der Waals surface area contributed by atoms with E-state index in [1.807, 2.05) is 31.2 Å². The van der Waals surface area contributed by atoms with E-state index >= 15 is 0 Å². The smallest absolute Gasteiger partial charge is 0.207 e. The number of hydrogen-bond donors (Lipinski definition) is 1. The van der Waals surface area contributed by atoms with Gasteiger partial charge in [-0.15, -0.1) is 0 Å². The highest BCUT2D eigenvalue weighted by Crippen LogP contribution is 2.25. The lowest BCUT2D eigenvalue weighted by Crippen LogP contribution is -2.04. The molecule has 2 aromatic heterocycles. The molecule has 0 atom stereocenters. The lowest BCUT2D eigenvalue weighted by Gasteiger charge is -2.09. The van der Waals surface area contributed by atoms with Gasteiger partial charge in [0.15, 0.2) is 5.65 Å². The van der Waals surface area contributed by atoms with Crippen molar-refractivity contribution in [3.8, 4) is 11.8 Å². The van der Waals surface area contributed by atoms with E-state index in [9.17, 15) is 5.26 Å². The predicted molar refractivity (Wildman–Crippen MR) is 72.7 cm³/mol. The molecule has 5 heteroatoms. The van der Waals surface area contributed by atoms with Crippen LogP contribution in [0.15, 0.2) is 36.5 Å². The molecule has 0 fully saturated rings. The van der Waals surface area contributed by atoms with Crippen LogP contribution in [0.25, 0.3) is 16.9 Å². The fourth-order valence-corrected chi connectivity index (χ4v) is 2.15. The summed E-state index contributed by atoms with van der Waals surface area (Å²) in [7, 11) is 0. The first-order valence-electron chi connectivity index (χ1n) is 5.81. The number of fused-ring (bicyclic) bond motifs is 1. The van der Waals surface area contributed by atoms with E-state index in [0.29, 0.717) is 28.4 Å². The van der Waals surface area contributed by atoms with Crippen LogP contribution in [0.3, 0.4) is 0 Å². The molecular formula is C14H11N5. The average Bonchev–Trinajstić information content (AvgIpc) is 2.74. The normalized spacial score (nSPS) is 10.5.